The number of para-hydroxylation sites is 3. The van der Waals surface area contributed by atoms with Crippen molar-refractivity contribution in [1.29, 1.82) is 0 Å². The highest BCUT2D eigenvalue weighted by atomic mass is 32.1. The molecule has 10 aromatic carbocycles. The van der Waals surface area contributed by atoms with Crippen molar-refractivity contribution in [2.45, 2.75) is 0 Å². The van der Waals surface area contributed by atoms with Crippen LogP contribution in [0.3, 0.4) is 0 Å². The molecule has 0 spiro atoms. The molecule has 0 saturated carbocycles. The van der Waals surface area contributed by atoms with Crippen molar-refractivity contribution in [3.8, 4) is 67.8 Å². The summed E-state index contributed by atoms with van der Waals surface area (Å²) in [7, 11) is 0. The van der Waals surface area contributed by atoms with Gasteiger partial charge >= 0.3 is 0 Å². The maximum absolute atomic E-state index is 5.01. The Kier molecular flexibility index (Phi) is 9.00. The van der Waals surface area contributed by atoms with E-state index in [2.05, 4.69) is 185 Å². The van der Waals surface area contributed by atoms with E-state index in [1.165, 1.54) is 86.0 Å². The average molecular weight is 898 g/mol. The van der Waals surface area contributed by atoms with Gasteiger partial charge in [-0.1, -0.05) is 170 Å². The topological polar surface area (TPSA) is 48.5 Å². The fourth-order valence-corrected chi connectivity index (χ4v) is 11.4. The molecule has 0 amide bonds. The molecule has 14 rings (SSSR count). The molecular weight excluding hydrogens is 859 g/mol. The maximum Gasteiger partial charge on any atom is 0.164 e. The molecular formula is C63H39N5S. The Morgan fingerprint density at radius 3 is 1.17 bits per heavy atom. The monoisotopic (exact) mass is 897 g/mol. The van der Waals surface area contributed by atoms with Gasteiger partial charge in [-0.05, 0) is 89.0 Å². The molecule has 0 saturated heterocycles. The third kappa shape index (κ3) is 6.56. The Bertz CT molecular complexity index is 4230. The summed E-state index contributed by atoms with van der Waals surface area (Å²) in [6, 6.07) is 84.8. The third-order valence-corrected chi connectivity index (χ3v) is 14.7. The van der Waals surface area contributed by atoms with E-state index < -0.39 is 0 Å². The van der Waals surface area contributed by atoms with Gasteiger partial charge in [-0.25, -0.2) is 15.0 Å². The minimum Gasteiger partial charge on any atom is -0.309 e. The van der Waals surface area contributed by atoms with Crippen molar-refractivity contribution in [1.82, 2.24) is 24.1 Å². The van der Waals surface area contributed by atoms with Gasteiger partial charge in [0.1, 0.15) is 0 Å². The second kappa shape index (κ2) is 15.8. The lowest BCUT2D eigenvalue weighted by molar-refractivity contribution is 1.07. The largest absolute Gasteiger partial charge is 0.309 e. The van der Waals surface area contributed by atoms with Gasteiger partial charge in [-0.2, -0.15) is 0 Å². The summed E-state index contributed by atoms with van der Waals surface area (Å²) in [4.78, 5) is 14.9. The van der Waals surface area contributed by atoms with Crippen LogP contribution in [0, 0.1) is 0 Å². The van der Waals surface area contributed by atoms with Crippen molar-refractivity contribution in [2.24, 2.45) is 0 Å². The zero-order valence-electron chi connectivity index (χ0n) is 37.2. The van der Waals surface area contributed by atoms with Crippen LogP contribution < -0.4 is 0 Å². The highest BCUT2D eigenvalue weighted by molar-refractivity contribution is 7.25. The van der Waals surface area contributed by atoms with Gasteiger partial charge in [0.25, 0.3) is 0 Å². The molecule has 0 fully saturated rings. The van der Waals surface area contributed by atoms with E-state index >= 15 is 0 Å². The molecule has 69 heavy (non-hydrogen) atoms. The van der Waals surface area contributed by atoms with Crippen LogP contribution in [0.15, 0.2) is 237 Å². The number of thiophene rings is 1. The predicted octanol–water partition coefficient (Wildman–Crippen LogP) is 16.8. The highest BCUT2D eigenvalue weighted by Gasteiger charge is 2.19. The van der Waals surface area contributed by atoms with Crippen LogP contribution in [0.5, 0.6) is 0 Å². The molecule has 0 aliphatic rings. The second-order valence-electron chi connectivity index (χ2n) is 17.6. The van der Waals surface area contributed by atoms with E-state index in [9.17, 15) is 0 Å². The fourth-order valence-electron chi connectivity index (χ4n) is 10.3. The van der Waals surface area contributed by atoms with Gasteiger partial charge in [0.15, 0.2) is 17.5 Å². The Morgan fingerprint density at radius 2 is 0.638 bits per heavy atom. The Hall–Kier alpha value is -8.97. The lowest BCUT2D eigenvalue weighted by Crippen LogP contribution is -1.99. The molecule has 4 aromatic heterocycles. The molecule has 0 unspecified atom stereocenters. The molecule has 4 heterocycles. The first-order chi connectivity index (χ1) is 34.2. The number of benzene rings is 10. The molecule has 0 aliphatic carbocycles. The minimum atomic E-state index is 0.657. The van der Waals surface area contributed by atoms with E-state index in [-0.39, 0.29) is 0 Å². The van der Waals surface area contributed by atoms with Crippen LogP contribution in [0.2, 0.25) is 0 Å². The Balaban J connectivity index is 0.874. The lowest BCUT2D eigenvalue weighted by Gasteiger charge is -2.11. The number of rotatable bonds is 7. The van der Waals surface area contributed by atoms with Gasteiger partial charge in [0.05, 0.1) is 22.1 Å². The van der Waals surface area contributed by atoms with E-state index in [0.29, 0.717) is 17.5 Å². The number of fused-ring (bicyclic) bond motifs is 9. The standard InChI is InChI=1S/C63H39N5S/c1-5-15-40(16-6-1)61-64-62(41-17-7-2-8-18-41)66-63(65-61)46-28-33-53-54-35-42(29-34-59(54)69-60(53)39-46)43-25-31-51-52-32-27-45(38-58(52)68(57(51)36-43)48-21-11-4-12-22-48)44-26-30-50-49-23-13-14-24-55(49)67(56(50)37-44)47-19-9-3-10-20-47/h1-39H. The Labute approximate surface area is 401 Å². The van der Waals surface area contributed by atoms with E-state index in [1.807, 2.05) is 60.7 Å². The SMILES string of the molecule is c1ccc(-c2nc(-c3ccccc3)nc(-c3ccc4c(c3)sc3ccc(-c5ccc6c7ccc(-c8ccc9c%10ccccc%10n(-c%10ccccc%10)c9c8)cc7n(-c7ccccc7)c6c5)cc34)n2)cc1. The molecule has 0 aliphatic heterocycles. The molecule has 5 nitrogen and oxygen atoms in total. The molecule has 0 bridgehead atoms. The quantitative estimate of drug-likeness (QED) is 0.160. The van der Waals surface area contributed by atoms with Crippen LogP contribution in [-0.4, -0.2) is 24.1 Å². The lowest BCUT2D eigenvalue weighted by atomic mass is 10.00. The summed E-state index contributed by atoms with van der Waals surface area (Å²) in [5.41, 5.74) is 14.6. The summed E-state index contributed by atoms with van der Waals surface area (Å²) in [5, 5.41) is 7.41. The van der Waals surface area contributed by atoms with Crippen LogP contribution >= 0.6 is 11.3 Å². The number of hydrogen-bond acceptors (Lipinski definition) is 4. The maximum atomic E-state index is 5.01. The number of nitrogens with zero attached hydrogens (tertiary/aromatic N) is 5. The molecule has 0 radical (unpaired) electrons. The Morgan fingerprint density at radius 1 is 0.246 bits per heavy atom. The zero-order valence-corrected chi connectivity index (χ0v) is 38.0. The average Bonchev–Trinajstić information content (AvgIpc) is 4.08. The van der Waals surface area contributed by atoms with Crippen molar-refractivity contribution in [3.63, 3.8) is 0 Å². The highest BCUT2D eigenvalue weighted by Crippen LogP contribution is 2.42. The minimum absolute atomic E-state index is 0.657. The summed E-state index contributed by atoms with van der Waals surface area (Å²) in [5.74, 6) is 1.97. The van der Waals surface area contributed by atoms with Crippen LogP contribution in [0.25, 0.3) is 132 Å². The first-order valence-electron chi connectivity index (χ1n) is 23.3. The van der Waals surface area contributed by atoms with Crippen molar-refractivity contribution >= 4 is 75.1 Å². The third-order valence-electron chi connectivity index (χ3n) is 13.6. The normalized spacial score (nSPS) is 11.8. The number of aromatic nitrogens is 5. The second-order valence-corrected chi connectivity index (χ2v) is 18.7. The summed E-state index contributed by atoms with van der Waals surface area (Å²) >= 11 is 1.80. The first-order valence-corrected chi connectivity index (χ1v) is 24.1. The molecule has 0 N–H and O–H groups in total. The van der Waals surface area contributed by atoms with Crippen molar-refractivity contribution < 1.29 is 0 Å². The molecule has 0 atom stereocenters. The van der Waals surface area contributed by atoms with Crippen LogP contribution in [0.4, 0.5) is 0 Å². The van der Waals surface area contributed by atoms with E-state index in [1.54, 1.807) is 11.3 Å². The molecule has 6 heteroatoms. The van der Waals surface area contributed by atoms with Crippen molar-refractivity contribution in [2.75, 3.05) is 0 Å². The summed E-state index contributed by atoms with van der Waals surface area (Å²) < 4.78 is 7.26. The van der Waals surface area contributed by atoms with E-state index in [4.69, 9.17) is 15.0 Å². The van der Waals surface area contributed by atoms with Gasteiger partial charge in [0.2, 0.25) is 0 Å². The molecule has 14 aromatic rings. The fraction of sp³-hybridized carbons (Fsp3) is 0. The smallest absolute Gasteiger partial charge is 0.164 e. The van der Waals surface area contributed by atoms with Gasteiger partial charge < -0.3 is 9.13 Å². The van der Waals surface area contributed by atoms with Crippen molar-refractivity contribution in [3.05, 3.63) is 237 Å². The number of hydrogen-bond donors (Lipinski definition) is 0. The predicted molar refractivity (Wildman–Crippen MR) is 289 cm³/mol. The first kappa shape index (κ1) is 39.2. The summed E-state index contributed by atoms with van der Waals surface area (Å²) in [6.07, 6.45) is 0. The van der Waals surface area contributed by atoms with Gasteiger partial charge in [-0.3, -0.25) is 0 Å². The van der Waals surface area contributed by atoms with Crippen LogP contribution in [-0.2, 0) is 0 Å². The van der Waals surface area contributed by atoms with Gasteiger partial charge in [-0.15, -0.1) is 11.3 Å². The van der Waals surface area contributed by atoms with Gasteiger partial charge in [0, 0.05) is 69.8 Å². The zero-order chi connectivity index (χ0) is 45.4. The van der Waals surface area contributed by atoms with Crippen LogP contribution in [0.1, 0.15) is 0 Å². The molecule has 322 valence electrons. The van der Waals surface area contributed by atoms with E-state index in [0.717, 1.165) is 28.1 Å². The summed E-state index contributed by atoms with van der Waals surface area (Å²) in [6.45, 7) is 0.